The number of ketones is 1. The van der Waals surface area contributed by atoms with Gasteiger partial charge in [0, 0.05) is 30.6 Å². The van der Waals surface area contributed by atoms with Gasteiger partial charge in [0.25, 0.3) is 5.91 Å². The molecule has 26 heavy (non-hydrogen) atoms. The molecule has 0 bridgehead atoms. The molecule has 0 aromatic heterocycles. The van der Waals surface area contributed by atoms with E-state index in [0.29, 0.717) is 23.5 Å². The van der Waals surface area contributed by atoms with Crippen LogP contribution in [0.1, 0.15) is 28.8 Å². The number of fused-ring (bicyclic) bond motifs is 2. The van der Waals surface area contributed by atoms with Crippen LogP contribution in [0.2, 0.25) is 0 Å². The molecule has 4 rings (SSSR count). The maximum atomic E-state index is 12.5. The van der Waals surface area contributed by atoms with Gasteiger partial charge in [-0.2, -0.15) is 0 Å². The SMILES string of the molecule is O=C1COc2ccc(C(=O)CCC(=O)N3CCc4ccccc43)cc2N1. The van der Waals surface area contributed by atoms with E-state index in [4.69, 9.17) is 4.74 Å². The third kappa shape index (κ3) is 3.06. The number of benzene rings is 2. The van der Waals surface area contributed by atoms with Crippen LogP contribution in [0, 0.1) is 0 Å². The quantitative estimate of drug-likeness (QED) is 0.860. The highest BCUT2D eigenvalue weighted by Gasteiger charge is 2.24. The van der Waals surface area contributed by atoms with Crippen LogP contribution < -0.4 is 15.0 Å². The molecular formula is C20H18N2O4. The summed E-state index contributed by atoms with van der Waals surface area (Å²) in [6, 6.07) is 12.8. The smallest absolute Gasteiger partial charge is 0.262 e. The van der Waals surface area contributed by atoms with Crippen molar-refractivity contribution in [2.45, 2.75) is 19.3 Å². The average Bonchev–Trinajstić information content (AvgIpc) is 3.09. The third-order valence-electron chi connectivity index (χ3n) is 4.69. The molecule has 0 radical (unpaired) electrons. The van der Waals surface area contributed by atoms with Gasteiger partial charge < -0.3 is 15.0 Å². The molecule has 0 unspecified atom stereocenters. The van der Waals surface area contributed by atoms with E-state index in [0.717, 1.165) is 17.7 Å². The van der Waals surface area contributed by atoms with Crippen LogP contribution in [-0.4, -0.2) is 30.7 Å². The van der Waals surface area contributed by atoms with Crippen LogP contribution in [0.4, 0.5) is 11.4 Å². The molecule has 1 N–H and O–H groups in total. The first-order valence-corrected chi connectivity index (χ1v) is 8.60. The van der Waals surface area contributed by atoms with Gasteiger partial charge in [0.2, 0.25) is 5.91 Å². The van der Waals surface area contributed by atoms with E-state index in [1.54, 1.807) is 23.1 Å². The standard InChI is InChI=1S/C20H18N2O4/c23-17(14-5-7-18-15(11-14)21-19(24)12-26-18)6-8-20(25)22-10-9-13-3-1-2-4-16(13)22/h1-5,7,11H,6,8-10,12H2,(H,21,24). The van der Waals surface area contributed by atoms with Gasteiger partial charge in [-0.3, -0.25) is 14.4 Å². The van der Waals surface area contributed by atoms with E-state index >= 15 is 0 Å². The Labute approximate surface area is 150 Å². The lowest BCUT2D eigenvalue weighted by Gasteiger charge is -2.18. The summed E-state index contributed by atoms with van der Waals surface area (Å²) in [4.78, 5) is 38.1. The number of Topliss-reactive ketones (excluding diaryl/α,β-unsaturated/α-hetero) is 1. The lowest BCUT2D eigenvalue weighted by molar-refractivity contribution is -0.119. The second-order valence-corrected chi connectivity index (χ2v) is 6.40. The Morgan fingerprint density at radius 2 is 1.96 bits per heavy atom. The minimum atomic E-state index is -0.245. The van der Waals surface area contributed by atoms with Crippen LogP contribution in [-0.2, 0) is 16.0 Å². The second kappa shape index (κ2) is 6.63. The molecule has 0 spiro atoms. The fourth-order valence-electron chi connectivity index (χ4n) is 3.35. The van der Waals surface area contributed by atoms with E-state index in [-0.39, 0.29) is 37.0 Å². The Bertz CT molecular complexity index is 906. The summed E-state index contributed by atoms with van der Waals surface area (Å²) < 4.78 is 5.29. The van der Waals surface area contributed by atoms with Crippen molar-refractivity contribution < 1.29 is 19.1 Å². The maximum Gasteiger partial charge on any atom is 0.262 e. The number of para-hydroxylation sites is 1. The highest BCUT2D eigenvalue weighted by atomic mass is 16.5. The van der Waals surface area contributed by atoms with E-state index in [2.05, 4.69) is 5.32 Å². The molecule has 0 saturated heterocycles. The molecule has 2 aliphatic rings. The van der Waals surface area contributed by atoms with Crippen molar-refractivity contribution >= 4 is 29.0 Å². The normalized spacial score (nSPS) is 14.9. The second-order valence-electron chi connectivity index (χ2n) is 6.40. The van der Waals surface area contributed by atoms with Gasteiger partial charge >= 0.3 is 0 Å². The number of nitrogens with zero attached hydrogens (tertiary/aromatic N) is 1. The van der Waals surface area contributed by atoms with Crippen LogP contribution >= 0.6 is 0 Å². The molecule has 2 aliphatic heterocycles. The highest BCUT2D eigenvalue weighted by molar-refractivity contribution is 6.03. The Hall–Kier alpha value is -3.15. The molecule has 2 aromatic rings. The monoisotopic (exact) mass is 350 g/mol. The molecule has 2 amide bonds. The molecule has 2 aromatic carbocycles. The lowest BCUT2D eigenvalue weighted by atomic mass is 10.0. The van der Waals surface area contributed by atoms with Gasteiger partial charge in [-0.15, -0.1) is 0 Å². The summed E-state index contributed by atoms with van der Waals surface area (Å²) in [7, 11) is 0. The third-order valence-corrected chi connectivity index (χ3v) is 4.69. The Morgan fingerprint density at radius 3 is 2.85 bits per heavy atom. The molecule has 0 fully saturated rings. The van der Waals surface area contributed by atoms with E-state index in [1.807, 2.05) is 24.3 Å². The molecule has 2 heterocycles. The van der Waals surface area contributed by atoms with Crippen LogP contribution in [0.5, 0.6) is 5.75 Å². The Morgan fingerprint density at radius 1 is 1.12 bits per heavy atom. The fourth-order valence-corrected chi connectivity index (χ4v) is 3.35. The number of amides is 2. The number of hydrogen-bond acceptors (Lipinski definition) is 4. The summed E-state index contributed by atoms with van der Waals surface area (Å²) >= 11 is 0. The highest BCUT2D eigenvalue weighted by Crippen LogP contribution is 2.30. The van der Waals surface area contributed by atoms with E-state index in [1.165, 1.54) is 0 Å². The van der Waals surface area contributed by atoms with Gasteiger partial charge in [0.05, 0.1) is 5.69 Å². The van der Waals surface area contributed by atoms with Gasteiger partial charge in [-0.25, -0.2) is 0 Å². The van der Waals surface area contributed by atoms with Crippen molar-refractivity contribution in [3.63, 3.8) is 0 Å². The summed E-state index contributed by atoms with van der Waals surface area (Å²) in [6.07, 6.45) is 1.14. The van der Waals surface area contributed by atoms with Crippen molar-refractivity contribution in [1.29, 1.82) is 0 Å². The molecular weight excluding hydrogens is 332 g/mol. The number of ether oxygens (including phenoxy) is 1. The largest absolute Gasteiger partial charge is 0.482 e. The summed E-state index contributed by atoms with van der Waals surface area (Å²) in [5.74, 6) is 0.127. The topological polar surface area (TPSA) is 75.7 Å². The van der Waals surface area contributed by atoms with Crippen molar-refractivity contribution in [2.24, 2.45) is 0 Å². The summed E-state index contributed by atoms with van der Waals surface area (Å²) in [5.41, 5.74) is 3.06. The molecule has 0 saturated carbocycles. The minimum absolute atomic E-state index is 0.0217. The van der Waals surface area contributed by atoms with Crippen LogP contribution in [0.25, 0.3) is 0 Å². The molecule has 0 aliphatic carbocycles. The van der Waals surface area contributed by atoms with Crippen molar-refractivity contribution in [3.05, 3.63) is 53.6 Å². The number of nitrogens with one attached hydrogen (secondary N) is 1. The molecule has 132 valence electrons. The van der Waals surface area contributed by atoms with Crippen molar-refractivity contribution in [1.82, 2.24) is 0 Å². The maximum absolute atomic E-state index is 12.5. The van der Waals surface area contributed by atoms with Crippen molar-refractivity contribution in [3.8, 4) is 5.75 Å². The van der Waals surface area contributed by atoms with E-state index < -0.39 is 0 Å². The number of carbonyl (C=O) groups excluding carboxylic acids is 3. The predicted octanol–water partition coefficient (Wildman–Crippen LogP) is 2.57. The molecule has 6 nitrogen and oxygen atoms in total. The van der Waals surface area contributed by atoms with Crippen molar-refractivity contribution in [2.75, 3.05) is 23.4 Å². The first-order chi connectivity index (χ1) is 12.6. The Balaban J connectivity index is 1.41. The number of carbonyl (C=O) groups is 3. The van der Waals surface area contributed by atoms with E-state index in [9.17, 15) is 14.4 Å². The molecule has 0 atom stereocenters. The van der Waals surface area contributed by atoms with Gasteiger partial charge in [0.1, 0.15) is 5.75 Å². The number of rotatable bonds is 4. The van der Waals surface area contributed by atoms with Gasteiger partial charge in [0.15, 0.2) is 12.4 Å². The zero-order valence-corrected chi connectivity index (χ0v) is 14.2. The lowest BCUT2D eigenvalue weighted by Crippen LogP contribution is -2.29. The first-order valence-electron chi connectivity index (χ1n) is 8.60. The first kappa shape index (κ1) is 16.3. The zero-order valence-electron chi connectivity index (χ0n) is 14.2. The van der Waals surface area contributed by atoms with Gasteiger partial charge in [-0.05, 0) is 36.2 Å². The fraction of sp³-hybridized carbons (Fsp3) is 0.250. The van der Waals surface area contributed by atoms with Gasteiger partial charge in [-0.1, -0.05) is 18.2 Å². The zero-order chi connectivity index (χ0) is 18.1. The number of hydrogen-bond donors (Lipinski definition) is 1. The molecule has 6 heteroatoms. The average molecular weight is 350 g/mol. The Kier molecular flexibility index (Phi) is 4.16. The predicted molar refractivity (Wildman–Crippen MR) is 96.6 cm³/mol. The summed E-state index contributed by atoms with van der Waals surface area (Å²) in [6.45, 7) is 0.640. The minimum Gasteiger partial charge on any atom is -0.482 e. The summed E-state index contributed by atoms with van der Waals surface area (Å²) in [5, 5.41) is 2.68. The van der Waals surface area contributed by atoms with Crippen LogP contribution in [0.15, 0.2) is 42.5 Å². The number of anilines is 2. The van der Waals surface area contributed by atoms with Crippen LogP contribution in [0.3, 0.4) is 0 Å².